The number of pyridine rings is 1. The standard InChI is InChI=1S/C37H50N8O5S/c1-24-33(51-23-42-24)27-9-7-26(8-10-27)13-15-40-35(49)31-20-29(46)22-45(31)36(50)37(3,4)25(2)43-32(47)6-5-14-39-34(48)30-12-11-28(21-41-30)44-18-16-38-17-19-44/h7-12,21,23,25,29,31,38,46H,5-6,13-20,22H2,1-4H3,(H,39,48)(H,40,49)(H,43,47)/t25-,29+,31-/m0/s1. The van der Waals surface area contributed by atoms with Crippen molar-refractivity contribution in [3.8, 4) is 10.4 Å². The molecule has 13 nitrogen and oxygen atoms in total. The molecule has 4 heterocycles. The van der Waals surface area contributed by atoms with Crippen molar-refractivity contribution < 1.29 is 24.3 Å². The second-order valence-corrected chi connectivity index (χ2v) is 14.7. The molecule has 5 N–H and O–H groups in total. The molecule has 3 atom stereocenters. The number of aliphatic hydroxyl groups is 1. The van der Waals surface area contributed by atoms with Crippen molar-refractivity contribution >= 4 is 40.7 Å². The van der Waals surface area contributed by atoms with Gasteiger partial charge in [0.05, 0.1) is 39.5 Å². The number of hydrogen-bond acceptors (Lipinski definition) is 10. The summed E-state index contributed by atoms with van der Waals surface area (Å²) in [6.45, 7) is 11.6. The van der Waals surface area contributed by atoms with Gasteiger partial charge in [-0.15, -0.1) is 11.3 Å². The van der Waals surface area contributed by atoms with Crippen LogP contribution in [0.2, 0.25) is 0 Å². The number of piperazine rings is 1. The number of thiazole rings is 1. The Bertz CT molecular complexity index is 1660. The van der Waals surface area contributed by atoms with E-state index in [0.717, 1.165) is 53.6 Å². The molecular weight excluding hydrogens is 669 g/mol. The summed E-state index contributed by atoms with van der Waals surface area (Å²) in [5.74, 6) is -1.17. The molecular formula is C37H50N8O5S. The maximum Gasteiger partial charge on any atom is 0.269 e. The third-order valence-corrected chi connectivity index (χ3v) is 10.8. The zero-order valence-electron chi connectivity index (χ0n) is 29.9. The lowest BCUT2D eigenvalue weighted by Crippen LogP contribution is -2.55. The number of aromatic nitrogens is 2. The Hall–Kier alpha value is -4.40. The highest BCUT2D eigenvalue weighted by Gasteiger charge is 2.46. The second-order valence-electron chi connectivity index (χ2n) is 13.9. The fraction of sp³-hybridized carbons (Fsp3) is 0.514. The Kier molecular flexibility index (Phi) is 12.8. The Morgan fingerprint density at radius 3 is 2.45 bits per heavy atom. The molecule has 2 aliphatic heterocycles. The molecule has 2 aliphatic rings. The molecule has 0 aliphatic carbocycles. The first kappa shape index (κ1) is 37.8. The largest absolute Gasteiger partial charge is 0.391 e. The van der Waals surface area contributed by atoms with Gasteiger partial charge in [-0.05, 0) is 63.8 Å². The second kappa shape index (κ2) is 17.2. The molecule has 2 saturated heterocycles. The Labute approximate surface area is 303 Å². The minimum Gasteiger partial charge on any atom is -0.391 e. The molecule has 274 valence electrons. The van der Waals surface area contributed by atoms with Gasteiger partial charge in [0, 0.05) is 64.7 Å². The van der Waals surface area contributed by atoms with Gasteiger partial charge >= 0.3 is 0 Å². The number of carbonyl (C=O) groups is 4. The van der Waals surface area contributed by atoms with Crippen LogP contribution in [0.15, 0.2) is 48.1 Å². The van der Waals surface area contributed by atoms with Crippen LogP contribution in [0, 0.1) is 12.3 Å². The van der Waals surface area contributed by atoms with Gasteiger partial charge in [0.15, 0.2) is 0 Å². The summed E-state index contributed by atoms with van der Waals surface area (Å²) in [6, 6.07) is 10.4. The van der Waals surface area contributed by atoms with Crippen LogP contribution in [0.1, 0.15) is 61.8 Å². The van der Waals surface area contributed by atoms with E-state index in [2.05, 4.69) is 48.3 Å². The van der Waals surface area contributed by atoms with Crippen molar-refractivity contribution in [1.29, 1.82) is 0 Å². The van der Waals surface area contributed by atoms with Crippen LogP contribution in [0.25, 0.3) is 10.4 Å². The van der Waals surface area contributed by atoms with Gasteiger partial charge in [0.1, 0.15) is 11.7 Å². The van der Waals surface area contributed by atoms with E-state index in [-0.39, 0.29) is 43.0 Å². The first-order valence-electron chi connectivity index (χ1n) is 17.7. The summed E-state index contributed by atoms with van der Waals surface area (Å²) in [5, 5.41) is 22.4. The summed E-state index contributed by atoms with van der Waals surface area (Å²) >= 11 is 1.60. The molecule has 0 bridgehead atoms. The maximum absolute atomic E-state index is 13.8. The number of β-amino-alcohol motifs (C(OH)–C–C–N with tert-alkyl or cyclic N) is 1. The number of nitrogens with one attached hydrogen (secondary N) is 4. The van der Waals surface area contributed by atoms with Crippen molar-refractivity contribution in [1.82, 2.24) is 36.1 Å². The Balaban J connectivity index is 1.04. The van der Waals surface area contributed by atoms with E-state index in [1.54, 1.807) is 44.4 Å². The zero-order valence-corrected chi connectivity index (χ0v) is 30.7. The smallest absolute Gasteiger partial charge is 0.269 e. The van der Waals surface area contributed by atoms with Crippen LogP contribution in [0.4, 0.5) is 5.69 Å². The van der Waals surface area contributed by atoms with Gasteiger partial charge in [-0.1, -0.05) is 24.3 Å². The number of aliphatic hydroxyl groups excluding tert-OH is 1. The first-order chi connectivity index (χ1) is 24.4. The van der Waals surface area contributed by atoms with E-state index in [4.69, 9.17) is 0 Å². The molecule has 4 amide bonds. The molecule has 1 aromatic carbocycles. The fourth-order valence-electron chi connectivity index (χ4n) is 6.36. The number of benzene rings is 1. The highest BCUT2D eigenvalue weighted by molar-refractivity contribution is 7.13. The SMILES string of the molecule is Cc1ncsc1-c1ccc(CCNC(=O)[C@@H]2C[C@@H](O)CN2C(=O)C(C)(C)[C@H](C)NC(=O)CCCNC(=O)c2ccc(N3CCNCC3)cn2)cc1. The molecule has 0 unspecified atom stereocenters. The molecule has 2 aromatic heterocycles. The number of aryl methyl sites for hydroxylation is 1. The average molecular weight is 719 g/mol. The number of amides is 4. The summed E-state index contributed by atoms with van der Waals surface area (Å²) in [4.78, 5) is 65.9. The summed E-state index contributed by atoms with van der Waals surface area (Å²) in [7, 11) is 0. The van der Waals surface area contributed by atoms with E-state index in [1.807, 2.05) is 30.6 Å². The van der Waals surface area contributed by atoms with E-state index in [0.29, 0.717) is 31.6 Å². The number of carbonyl (C=O) groups excluding carboxylic acids is 4. The fourth-order valence-corrected chi connectivity index (χ4v) is 7.17. The van der Waals surface area contributed by atoms with E-state index < -0.39 is 23.6 Å². The van der Waals surface area contributed by atoms with Gasteiger partial charge in [-0.2, -0.15) is 0 Å². The molecule has 0 spiro atoms. The topological polar surface area (TPSA) is 169 Å². The van der Waals surface area contributed by atoms with Gasteiger partial charge in [-0.3, -0.25) is 19.2 Å². The molecule has 14 heteroatoms. The summed E-state index contributed by atoms with van der Waals surface area (Å²) in [6.07, 6.45) is 2.24. The maximum atomic E-state index is 13.8. The van der Waals surface area contributed by atoms with Crippen molar-refractivity contribution in [2.75, 3.05) is 50.7 Å². The highest BCUT2D eigenvalue weighted by atomic mass is 32.1. The summed E-state index contributed by atoms with van der Waals surface area (Å²) in [5.41, 5.74) is 5.26. The Morgan fingerprint density at radius 2 is 1.78 bits per heavy atom. The molecule has 0 saturated carbocycles. The highest BCUT2D eigenvalue weighted by Crippen LogP contribution is 2.30. The van der Waals surface area contributed by atoms with Gasteiger partial charge < -0.3 is 36.2 Å². The van der Waals surface area contributed by atoms with Crippen molar-refractivity contribution in [2.24, 2.45) is 5.41 Å². The lowest BCUT2D eigenvalue weighted by atomic mass is 9.83. The van der Waals surface area contributed by atoms with E-state index in [9.17, 15) is 24.3 Å². The molecule has 51 heavy (non-hydrogen) atoms. The van der Waals surface area contributed by atoms with Crippen LogP contribution in [0.3, 0.4) is 0 Å². The third-order valence-electron chi connectivity index (χ3n) is 9.86. The predicted molar refractivity (Wildman–Crippen MR) is 197 cm³/mol. The van der Waals surface area contributed by atoms with Gasteiger partial charge in [0.25, 0.3) is 5.91 Å². The zero-order chi connectivity index (χ0) is 36.5. The minimum absolute atomic E-state index is 0.0481. The minimum atomic E-state index is -1.05. The van der Waals surface area contributed by atoms with Crippen LogP contribution in [-0.2, 0) is 20.8 Å². The van der Waals surface area contributed by atoms with Crippen molar-refractivity contribution in [3.63, 3.8) is 0 Å². The number of hydrogen-bond donors (Lipinski definition) is 5. The quantitative estimate of drug-likeness (QED) is 0.157. The monoisotopic (exact) mass is 718 g/mol. The lowest BCUT2D eigenvalue weighted by Gasteiger charge is -2.36. The van der Waals surface area contributed by atoms with Crippen LogP contribution in [0.5, 0.6) is 0 Å². The number of nitrogens with zero attached hydrogens (tertiary/aromatic N) is 4. The molecule has 3 aromatic rings. The number of anilines is 1. The van der Waals surface area contributed by atoms with Crippen molar-refractivity contribution in [3.05, 3.63) is 65.1 Å². The van der Waals surface area contributed by atoms with E-state index >= 15 is 0 Å². The summed E-state index contributed by atoms with van der Waals surface area (Å²) < 4.78 is 0. The van der Waals surface area contributed by atoms with E-state index in [1.165, 1.54) is 4.90 Å². The molecule has 0 radical (unpaired) electrons. The van der Waals surface area contributed by atoms with Crippen molar-refractivity contribution in [2.45, 2.75) is 71.6 Å². The predicted octanol–water partition coefficient (Wildman–Crippen LogP) is 2.28. The molecule has 2 fully saturated rings. The molecule has 5 rings (SSSR count). The lowest BCUT2D eigenvalue weighted by molar-refractivity contribution is -0.147. The Morgan fingerprint density at radius 1 is 1.04 bits per heavy atom. The number of likely N-dealkylation sites (tertiary alicyclic amines) is 1. The van der Waals surface area contributed by atoms with Crippen LogP contribution >= 0.6 is 11.3 Å². The normalized spacial score (nSPS) is 18.3. The van der Waals surface area contributed by atoms with Crippen LogP contribution in [-0.4, -0.2) is 108 Å². The third kappa shape index (κ3) is 9.69. The number of rotatable bonds is 14. The van der Waals surface area contributed by atoms with Crippen LogP contribution < -0.4 is 26.2 Å². The first-order valence-corrected chi connectivity index (χ1v) is 18.6. The average Bonchev–Trinajstić information content (AvgIpc) is 3.75. The van der Waals surface area contributed by atoms with Gasteiger partial charge in [0.2, 0.25) is 17.7 Å². The van der Waals surface area contributed by atoms with Gasteiger partial charge in [-0.25, -0.2) is 9.97 Å².